The van der Waals surface area contributed by atoms with Crippen LogP contribution in [0.3, 0.4) is 0 Å². The van der Waals surface area contributed by atoms with Crippen LogP contribution in [0.4, 0.5) is 0 Å². The Morgan fingerprint density at radius 2 is 1.86 bits per heavy atom. The van der Waals surface area contributed by atoms with Crippen molar-refractivity contribution in [1.82, 2.24) is 5.32 Å². The summed E-state index contributed by atoms with van der Waals surface area (Å²) in [5.41, 5.74) is 1.12. The Labute approximate surface area is 134 Å². The number of rotatable bonds is 8. The number of carboxylic acids is 1. The summed E-state index contributed by atoms with van der Waals surface area (Å²) in [4.78, 5) is 22.6. The van der Waals surface area contributed by atoms with Gasteiger partial charge < -0.3 is 10.4 Å². The molecule has 0 spiro atoms. The van der Waals surface area contributed by atoms with Crippen molar-refractivity contribution in [3.63, 3.8) is 0 Å². The van der Waals surface area contributed by atoms with Gasteiger partial charge in [0.15, 0.2) is 0 Å². The molecule has 1 aromatic rings. The van der Waals surface area contributed by atoms with E-state index in [0.717, 1.165) is 16.5 Å². The Morgan fingerprint density at radius 3 is 2.38 bits per heavy atom. The topological polar surface area (TPSA) is 66.4 Å². The molecule has 0 aromatic heterocycles. The fourth-order valence-corrected chi connectivity index (χ4v) is 2.39. The van der Waals surface area contributed by atoms with Crippen LogP contribution in [0.1, 0.15) is 44.6 Å². The van der Waals surface area contributed by atoms with Gasteiger partial charge in [0.2, 0.25) is 5.91 Å². The van der Waals surface area contributed by atoms with Crippen LogP contribution in [0.5, 0.6) is 0 Å². The maximum absolute atomic E-state index is 11.9. The molecule has 2 unspecified atom stereocenters. The summed E-state index contributed by atoms with van der Waals surface area (Å²) in [6.45, 7) is 4.37. The monoisotopic (exact) mass is 355 g/mol. The van der Waals surface area contributed by atoms with Crippen LogP contribution in [0.25, 0.3) is 0 Å². The van der Waals surface area contributed by atoms with E-state index in [9.17, 15) is 9.59 Å². The van der Waals surface area contributed by atoms with Gasteiger partial charge in [0.25, 0.3) is 0 Å². The Balaban J connectivity index is 2.42. The quantitative estimate of drug-likeness (QED) is 0.749. The van der Waals surface area contributed by atoms with E-state index in [1.165, 1.54) is 0 Å². The first-order chi connectivity index (χ1) is 9.92. The minimum absolute atomic E-state index is 0.00515. The Kier molecular flexibility index (Phi) is 7.43. The lowest BCUT2D eigenvalue weighted by atomic mass is 9.97. The average molecular weight is 356 g/mol. The van der Waals surface area contributed by atoms with Crippen molar-refractivity contribution in [3.8, 4) is 0 Å². The predicted molar refractivity (Wildman–Crippen MR) is 86.2 cm³/mol. The van der Waals surface area contributed by atoms with Crippen LogP contribution in [0.2, 0.25) is 0 Å². The number of benzene rings is 1. The lowest BCUT2D eigenvalue weighted by Gasteiger charge is -2.15. The zero-order valence-corrected chi connectivity index (χ0v) is 14.0. The Bertz CT molecular complexity index is 473. The molecule has 1 aromatic carbocycles. The van der Waals surface area contributed by atoms with E-state index in [2.05, 4.69) is 21.2 Å². The highest BCUT2D eigenvalue weighted by atomic mass is 79.9. The van der Waals surface area contributed by atoms with E-state index in [-0.39, 0.29) is 24.2 Å². The molecule has 0 heterocycles. The zero-order valence-electron chi connectivity index (χ0n) is 12.4. The molecule has 1 rings (SSSR count). The molecule has 116 valence electrons. The van der Waals surface area contributed by atoms with Crippen molar-refractivity contribution in [3.05, 3.63) is 34.3 Å². The average Bonchev–Trinajstić information content (AvgIpc) is 2.43. The van der Waals surface area contributed by atoms with Gasteiger partial charge in [0.1, 0.15) is 0 Å². The van der Waals surface area contributed by atoms with Crippen molar-refractivity contribution in [2.45, 2.75) is 39.0 Å². The van der Waals surface area contributed by atoms with Gasteiger partial charge in [-0.2, -0.15) is 0 Å². The first-order valence-corrected chi connectivity index (χ1v) is 7.95. The van der Waals surface area contributed by atoms with Crippen molar-refractivity contribution in [1.29, 1.82) is 0 Å². The molecule has 0 saturated carbocycles. The Morgan fingerprint density at radius 1 is 1.24 bits per heavy atom. The summed E-state index contributed by atoms with van der Waals surface area (Å²) in [7, 11) is 0. The summed E-state index contributed by atoms with van der Waals surface area (Å²) in [5.74, 6) is -0.722. The van der Waals surface area contributed by atoms with E-state index >= 15 is 0 Å². The van der Waals surface area contributed by atoms with Gasteiger partial charge in [-0.15, -0.1) is 0 Å². The fourth-order valence-electron chi connectivity index (χ4n) is 2.13. The SMILES string of the molecule is CCC(CNC(=O)CC(C)c1ccc(Br)cc1)CC(=O)O. The van der Waals surface area contributed by atoms with E-state index in [1.54, 1.807) is 0 Å². The number of aliphatic carboxylic acids is 1. The van der Waals surface area contributed by atoms with Gasteiger partial charge in [0.05, 0.1) is 0 Å². The second-order valence-electron chi connectivity index (χ2n) is 5.33. The predicted octanol–water partition coefficient (Wildman–Crippen LogP) is 3.56. The summed E-state index contributed by atoms with van der Waals surface area (Å²) >= 11 is 3.39. The van der Waals surface area contributed by atoms with Crippen LogP contribution in [-0.4, -0.2) is 23.5 Å². The maximum atomic E-state index is 11.9. The fraction of sp³-hybridized carbons (Fsp3) is 0.500. The third-order valence-electron chi connectivity index (χ3n) is 3.56. The number of carbonyl (C=O) groups is 2. The highest BCUT2D eigenvalue weighted by Gasteiger charge is 2.15. The molecule has 0 aliphatic carbocycles. The standard InChI is InChI=1S/C16H22BrNO3/c1-3-12(9-16(20)21)10-18-15(19)8-11(2)13-4-6-14(17)7-5-13/h4-7,11-12H,3,8-10H2,1-2H3,(H,18,19)(H,20,21). The molecule has 0 fully saturated rings. The van der Waals surface area contributed by atoms with Gasteiger partial charge >= 0.3 is 5.97 Å². The zero-order chi connectivity index (χ0) is 15.8. The third-order valence-corrected chi connectivity index (χ3v) is 4.09. The van der Waals surface area contributed by atoms with Crippen molar-refractivity contribution in [2.75, 3.05) is 6.54 Å². The number of hydrogen-bond acceptors (Lipinski definition) is 2. The van der Waals surface area contributed by atoms with Crippen molar-refractivity contribution >= 4 is 27.8 Å². The molecular formula is C16H22BrNO3. The van der Waals surface area contributed by atoms with Crippen LogP contribution >= 0.6 is 15.9 Å². The normalized spacial score (nSPS) is 13.5. The van der Waals surface area contributed by atoms with Gasteiger partial charge in [-0.3, -0.25) is 9.59 Å². The molecular weight excluding hydrogens is 334 g/mol. The largest absolute Gasteiger partial charge is 0.481 e. The lowest BCUT2D eigenvalue weighted by molar-refractivity contribution is -0.138. The minimum atomic E-state index is -0.820. The van der Waals surface area contributed by atoms with Gasteiger partial charge in [0, 0.05) is 23.9 Å². The van der Waals surface area contributed by atoms with Crippen LogP contribution in [-0.2, 0) is 9.59 Å². The smallest absolute Gasteiger partial charge is 0.303 e. The summed E-state index contributed by atoms with van der Waals surface area (Å²) in [5, 5.41) is 11.6. The van der Waals surface area contributed by atoms with E-state index in [0.29, 0.717) is 13.0 Å². The number of amides is 1. The second kappa shape index (κ2) is 8.82. The molecule has 0 aliphatic rings. The van der Waals surface area contributed by atoms with E-state index < -0.39 is 5.97 Å². The summed E-state index contributed by atoms with van der Waals surface area (Å²) < 4.78 is 1.02. The number of halogens is 1. The highest BCUT2D eigenvalue weighted by molar-refractivity contribution is 9.10. The summed E-state index contributed by atoms with van der Waals surface area (Å²) in [6, 6.07) is 7.93. The highest BCUT2D eigenvalue weighted by Crippen LogP contribution is 2.21. The third kappa shape index (κ3) is 6.76. The van der Waals surface area contributed by atoms with Crippen molar-refractivity contribution < 1.29 is 14.7 Å². The van der Waals surface area contributed by atoms with Crippen molar-refractivity contribution in [2.24, 2.45) is 5.92 Å². The first-order valence-electron chi connectivity index (χ1n) is 7.16. The molecule has 5 heteroatoms. The molecule has 0 aliphatic heterocycles. The van der Waals surface area contributed by atoms with Crippen LogP contribution < -0.4 is 5.32 Å². The molecule has 0 bridgehead atoms. The first kappa shape index (κ1) is 17.7. The van der Waals surface area contributed by atoms with Gasteiger partial charge in [-0.05, 0) is 29.5 Å². The molecule has 0 saturated heterocycles. The van der Waals surface area contributed by atoms with E-state index in [4.69, 9.17) is 5.11 Å². The van der Waals surface area contributed by atoms with Gasteiger partial charge in [-0.1, -0.05) is 48.3 Å². The molecule has 4 nitrogen and oxygen atoms in total. The van der Waals surface area contributed by atoms with Crippen LogP contribution in [0, 0.1) is 5.92 Å². The molecule has 0 radical (unpaired) electrons. The molecule has 2 N–H and O–H groups in total. The molecule has 1 amide bonds. The molecule has 21 heavy (non-hydrogen) atoms. The Hall–Kier alpha value is -1.36. The number of carboxylic acid groups (broad SMARTS) is 1. The summed E-state index contributed by atoms with van der Waals surface area (Å²) in [6.07, 6.45) is 1.25. The number of carbonyl (C=O) groups excluding carboxylic acids is 1. The second-order valence-corrected chi connectivity index (χ2v) is 6.25. The lowest BCUT2D eigenvalue weighted by Crippen LogP contribution is -2.30. The minimum Gasteiger partial charge on any atom is -0.481 e. The number of nitrogens with one attached hydrogen (secondary N) is 1. The number of hydrogen-bond donors (Lipinski definition) is 2. The maximum Gasteiger partial charge on any atom is 0.303 e. The molecule has 2 atom stereocenters. The van der Waals surface area contributed by atoms with Gasteiger partial charge in [-0.25, -0.2) is 0 Å². The van der Waals surface area contributed by atoms with E-state index in [1.807, 2.05) is 38.1 Å². The van der Waals surface area contributed by atoms with Crippen LogP contribution in [0.15, 0.2) is 28.7 Å².